The smallest absolute Gasteiger partial charge is 0.285 e. The molecule has 0 bridgehead atoms. The number of aliphatic hydroxyl groups is 2. The van der Waals surface area contributed by atoms with Crippen LogP contribution in [-0.2, 0) is 9.59 Å². The lowest BCUT2D eigenvalue weighted by Crippen LogP contribution is -2.41. The third-order valence-corrected chi connectivity index (χ3v) is 8.16. The Kier molecular flexibility index (Phi) is 8.57. The molecule has 33 heavy (non-hydrogen) atoms. The summed E-state index contributed by atoms with van der Waals surface area (Å²) in [4.78, 5) is 26.4. The number of hydrogen-bond acceptors (Lipinski definition) is 5. The van der Waals surface area contributed by atoms with Gasteiger partial charge in [0.2, 0.25) is 0 Å². The number of aliphatic hydroxyl groups excluding tert-OH is 2. The Balaban J connectivity index is 1.89. The van der Waals surface area contributed by atoms with Gasteiger partial charge in [0.1, 0.15) is 17.4 Å². The summed E-state index contributed by atoms with van der Waals surface area (Å²) < 4.78 is 0. The largest absolute Gasteiger partial charge is 0.511 e. The van der Waals surface area contributed by atoms with Crippen molar-refractivity contribution in [2.75, 3.05) is 0 Å². The minimum atomic E-state index is -1.05. The first-order chi connectivity index (χ1) is 15.7. The Hall–Kier alpha value is -1.92. The van der Waals surface area contributed by atoms with Crippen LogP contribution in [0.15, 0.2) is 35.6 Å². The van der Waals surface area contributed by atoms with Gasteiger partial charge < -0.3 is 10.2 Å². The van der Waals surface area contributed by atoms with E-state index < -0.39 is 29.8 Å². The summed E-state index contributed by atoms with van der Waals surface area (Å²) >= 11 is 0. The van der Waals surface area contributed by atoms with Crippen LogP contribution >= 0.6 is 0 Å². The van der Waals surface area contributed by atoms with Crippen molar-refractivity contribution < 1.29 is 25.0 Å². The predicted molar refractivity (Wildman–Crippen MR) is 127 cm³/mol. The molecule has 0 spiro atoms. The van der Waals surface area contributed by atoms with Crippen molar-refractivity contribution in [2.24, 2.45) is 29.6 Å². The van der Waals surface area contributed by atoms with Gasteiger partial charge in [-0.1, -0.05) is 70.6 Å². The average molecular weight is 460 g/mol. The van der Waals surface area contributed by atoms with Gasteiger partial charge in [0.25, 0.3) is 5.91 Å². The number of fused-ring (bicyclic) bond motifs is 1. The highest BCUT2D eigenvalue weighted by Crippen LogP contribution is 2.49. The van der Waals surface area contributed by atoms with Crippen LogP contribution in [0.5, 0.6) is 0 Å². The van der Waals surface area contributed by atoms with E-state index in [4.69, 9.17) is 0 Å². The van der Waals surface area contributed by atoms with E-state index in [2.05, 4.69) is 20.4 Å². The zero-order valence-corrected chi connectivity index (χ0v) is 20.4. The van der Waals surface area contributed by atoms with Gasteiger partial charge in [-0.05, 0) is 43.4 Å². The Bertz CT molecular complexity index is 815. The standard InChI is InChI=1S/C27H41NO5/c1-5-7-8-9-10-13-18(6-2)24-26(31)23(27(32)28(24)33)25(30)22-17(4)20(29)15-19-14-11-12-16(3)21(19)22/h6,15-18,20-22,24,29-30,33H,2,5,7-14H2,1,3-4H3/b25-23-. The van der Waals surface area contributed by atoms with Crippen molar-refractivity contribution in [2.45, 2.75) is 90.7 Å². The fourth-order valence-electron chi connectivity index (χ4n) is 6.22. The van der Waals surface area contributed by atoms with E-state index >= 15 is 0 Å². The van der Waals surface area contributed by atoms with Crippen molar-refractivity contribution >= 4 is 11.7 Å². The van der Waals surface area contributed by atoms with Crippen molar-refractivity contribution in [3.8, 4) is 0 Å². The monoisotopic (exact) mass is 459 g/mol. The van der Waals surface area contributed by atoms with Crippen molar-refractivity contribution in [1.29, 1.82) is 0 Å². The van der Waals surface area contributed by atoms with Crippen LogP contribution in [0.3, 0.4) is 0 Å². The summed E-state index contributed by atoms with van der Waals surface area (Å²) in [6, 6.07) is -1.05. The molecule has 7 atom stereocenters. The number of hydroxylamine groups is 2. The molecule has 2 fully saturated rings. The summed E-state index contributed by atoms with van der Waals surface area (Å²) in [5, 5.41) is 33.1. The number of carbonyl (C=O) groups excluding carboxylic acids is 2. The van der Waals surface area contributed by atoms with Crippen molar-refractivity contribution in [3.05, 3.63) is 35.6 Å². The number of rotatable bonds is 9. The molecule has 2 aliphatic carbocycles. The molecule has 184 valence electrons. The second-order valence-electron chi connectivity index (χ2n) is 10.3. The molecule has 6 nitrogen and oxygen atoms in total. The zero-order chi connectivity index (χ0) is 24.3. The molecular formula is C27H41NO5. The lowest BCUT2D eigenvalue weighted by atomic mass is 9.61. The van der Waals surface area contributed by atoms with Gasteiger partial charge in [-0.2, -0.15) is 0 Å². The SMILES string of the molecule is C=CC(CCCCCCC)C1C(=O)/C(=C(/O)C2C(C)C(O)C=C3CCCC(C)C32)C(=O)N1O. The van der Waals surface area contributed by atoms with E-state index in [9.17, 15) is 25.0 Å². The highest BCUT2D eigenvalue weighted by Gasteiger charge is 2.51. The quantitative estimate of drug-likeness (QED) is 0.111. The Morgan fingerprint density at radius 2 is 1.94 bits per heavy atom. The van der Waals surface area contributed by atoms with Crippen LogP contribution in [0.4, 0.5) is 0 Å². The van der Waals surface area contributed by atoms with E-state index in [1.54, 1.807) is 6.08 Å². The predicted octanol–water partition coefficient (Wildman–Crippen LogP) is 5.12. The van der Waals surface area contributed by atoms with Crippen LogP contribution in [0.25, 0.3) is 0 Å². The van der Waals surface area contributed by atoms with Crippen LogP contribution < -0.4 is 0 Å². The number of ketones is 1. The van der Waals surface area contributed by atoms with Gasteiger partial charge >= 0.3 is 0 Å². The fourth-order valence-corrected chi connectivity index (χ4v) is 6.22. The zero-order valence-electron chi connectivity index (χ0n) is 20.4. The molecule has 3 rings (SSSR count). The van der Waals surface area contributed by atoms with E-state index in [-0.39, 0.29) is 35.0 Å². The fraction of sp³-hybridized carbons (Fsp3) is 0.704. The van der Waals surface area contributed by atoms with Gasteiger partial charge in [-0.15, -0.1) is 6.58 Å². The molecule has 1 aliphatic heterocycles. The van der Waals surface area contributed by atoms with E-state index in [0.717, 1.165) is 56.9 Å². The van der Waals surface area contributed by atoms with Gasteiger partial charge in [0, 0.05) is 11.8 Å². The van der Waals surface area contributed by atoms with Crippen LogP contribution in [0.2, 0.25) is 0 Å². The molecule has 3 N–H and O–H groups in total. The molecule has 0 aromatic carbocycles. The first-order valence-corrected chi connectivity index (χ1v) is 12.7. The number of nitrogens with zero attached hydrogens (tertiary/aromatic N) is 1. The number of Topliss-reactive ketones (excluding diaryl/α,β-unsaturated/α-hetero) is 1. The molecule has 0 aromatic heterocycles. The second-order valence-corrected chi connectivity index (χ2v) is 10.3. The third-order valence-electron chi connectivity index (χ3n) is 8.16. The summed E-state index contributed by atoms with van der Waals surface area (Å²) in [5.41, 5.74) is 0.784. The minimum absolute atomic E-state index is 0.0230. The number of allylic oxidation sites excluding steroid dienone is 2. The van der Waals surface area contributed by atoms with Crippen LogP contribution in [-0.4, -0.2) is 44.3 Å². The maximum absolute atomic E-state index is 13.4. The second kappa shape index (κ2) is 11.0. The number of carbonyl (C=O) groups is 2. The highest BCUT2D eigenvalue weighted by molar-refractivity contribution is 6.26. The summed E-state index contributed by atoms with van der Waals surface area (Å²) in [6.45, 7) is 9.96. The Labute approximate surface area is 198 Å². The minimum Gasteiger partial charge on any atom is -0.511 e. The highest BCUT2D eigenvalue weighted by atomic mass is 16.5. The maximum atomic E-state index is 13.4. The average Bonchev–Trinajstić information content (AvgIpc) is 3.00. The molecule has 7 unspecified atom stereocenters. The summed E-state index contributed by atoms with van der Waals surface area (Å²) in [5.74, 6) is -2.66. The van der Waals surface area contributed by atoms with Crippen LogP contribution in [0.1, 0.15) is 78.6 Å². The van der Waals surface area contributed by atoms with Gasteiger partial charge in [-0.3, -0.25) is 14.8 Å². The van der Waals surface area contributed by atoms with Gasteiger partial charge in [-0.25, -0.2) is 5.06 Å². The lowest BCUT2D eigenvalue weighted by molar-refractivity contribution is -0.168. The van der Waals surface area contributed by atoms with Crippen molar-refractivity contribution in [3.63, 3.8) is 0 Å². The molecule has 1 saturated heterocycles. The molecule has 0 aromatic rings. The van der Waals surface area contributed by atoms with Gasteiger partial charge in [0.05, 0.1) is 6.10 Å². The Morgan fingerprint density at radius 3 is 2.61 bits per heavy atom. The maximum Gasteiger partial charge on any atom is 0.285 e. The molecule has 1 amide bonds. The summed E-state index contributed by atoms with van der Waals surface area (Å²) in [6.07, 6.45) is 11.6. The molecule has 1 heterocycles. The van der Waals surface area contributed by atoms with E-state index in [0.29, 0.717) is 11.5 Å². The lowest BCUT2D eigenvalue weighted by Gasteiger charge is -2.44. The van der Waals surface area contributed by atoms with Crippen molar-refractivity contribution in [1.82, 2.24) is 5.06 Å². The van der Waals surface area contributed by atoms with E-state index in [1.807, 2.05) is 13.0 Å². The van der Waals surface area contributed by atoms with E-state index in [1.165, 1.54) is 0 Å². The normalized spacial score (nSPS) is 34.7. The molecular weight excluding hydrogens is 418 g/mol. The topological polar surface area (TPSA) is 98.1 Å². The summed E-state index contributed by atoms with van der Waals surface area (Å²) in [7, 11) is 0. The first kappa shape index (κ1) is 25.7. The number of amides is 1. The first-order valence-electron chi connectivity index (χ1n) is 12.7. The third kappa shape index (κ3) is 4.97. The molecule has 1 saturated carbocycles. The molecule has 0 radical (unpaired) electrons. The number of unbranched alkanes of at least 4 members (excludes halogenated alkanes) is 4. The molecule has 6 heteroatoms. The van der Waals surface area contributed by atoms with Gasteiger partial charge in [0.15, 0.2) is 5.78 Å². The Morgan fingerprint density at radius 1 is 1.24 bits per heavy atom. The molecule has 3 aliphatic rings. The van der Waals surface area contributed by atoms with Crippen LogP contribution in [0, 0.1) is 29.6 Å². The number of hydrogen-bond donors (Lipinski definition) is 3.